The van der Waals surface area contributed by atoms with Gasteiger partial charge < -0.3 is 10.4 Å². The van der Waals surface area contributed by atoms with Crippen LogP contribution in [0.3, 0.4) is 0 Å². The second kappa shape index (κ2) is 7.21. The minimum Gasteiger partial charge on any atom is -0.480 e. The third-order valence-electron chi connectivity index (χ3n) is 3.79. The van der Waals surface area contributed by atoms with E-state index in [4.69, 9.17) is 0 Å². The average Bonchev–Trinajstić information content (AvgIpc) is 2.50. The number of carboxylic acids is 1. The van der Waals surface area contributed by atoms with Crippen molar-refractivity contribution in [2.75, 3.05) is 0 Å². The van der Waals surface area contributed by atoms with E-state index in [2.05, 4.69) is 5.32 Å². The van der Waals surface area contributed by atoms with Gasteiger partial charge in [-0.2, -0.15) is 0 Å². The highest BCUT2D eigenvalue weighted by atomic mass is 19.1. The highest BCUT2D eigenvalue weighted by molar-refractivity contribution is 5.96. The molecule has 0 spiro atoms. The number of rotatable bonds is 5. The number of nitrogens with one attached hydrogen (secondary N) is 1. The summed E-state index contributed by atoms with van der Waals surface area (Å²) < 4.78 is 26.5. The number of hydrogen-bond donors (Lipinski definition) is 2. The number of benzene rings is 2. The normalized spacial score (nSPS) is 11.8. The Balaban J connectivity index is 2.17. The van der Waals surface area contributed by atoms with Crippen LogP contribution >= 0.6 is 0 Å². The first kappa shape index (κ1) is 17.6. The van der Waals surface area contributed by atoms with Gasteiger partial charge in [0.1, 0.15) is 17.7 Å². The largest absolute Gasteiger partial charge is 0.480 e. The van der Waals surface area contributed by atoms with Crippen LogP contribution in [0.4, 0.5) is 8.78 Å². The minimum atomic E-state index is -1.23. The Hall–Kier alpha value is -2.76. The summed E-state index contributed by atoms with van der Waals surface area (Å²) in [5.74, 6) is -3.98. The molecule has 2 N–H and O–H groups in total. The van der Waals surface area contributed by atoms with Crippen molar-refractivity contribution in [3.8, 4) is 0 Å². The Morgan fingerprint density at radius 3 is 2.38 bits per heavy atom. The molecule has 0 radical (unpaired) electrons. The van der Waals surface area contributed by atoms with Crippen LogP contribution < -0.4 is 5.32 Å². The number of hydrogen-bond acceptors (Lipinski definition) is 2. The van der Waals surface area contributed by atoms with E-state index in [0.29, 0.717) is 6.07 Å². The third-order valence-corrected chi connectivity index (χ3v) is 3.79. The summed E-state index contributed by atoms with van der Waals surface area (Å²) in [5.41, 5.74) is 2.42. The zero-order valence-corrected chi connectivity index (χ0v) is 13.3. The predicted octanol–water partition coefficient (Wildman–Crippen LogP) is 3.01. The van der Waals surface area contributed by atoms with E-state index in [-0.39, 0.29) is 6.42 Å². The van der Waals surface area contributed by atoms with E-state index in [1.807, 2.05) is 26.0 Å². The molecule has 2 aromatic carbocycles. The van der Waals surface area contributed by atoms with E-state index in [0.717, 1.165) is 28.8 Å². The van der Waals surface area contributed by atoms with Crippen LogP contribution in [0.5, 0.6) is 0 Å². The summed E-state index contributed by atoms with van der Waals surface area (Å²) >= 11 is 0. The van der Waals surface area contributed by atoms with Crippen LogP contribution in [0.2, 0.25) is 0 Å². The van der Waals surface area contributed by atoms with Crippen LogP contribution in [0, 0.1) is 25.5 Å². The molecule has 1 amide bonds. The number of carbonyl (C=O) groups is 2. The Bertz CT molecular complexity index is 790. The lowest BCUT2D eigenvalue weighted by Crippen LogP contribution is -2.42. The lowest BCUT2D eigenvalue weighted by Gasteiger charge is -2.15. The molecule has 1 atom stereocenters. The summed E-state index contributed by atoms with van der Waals surface area (Å²) in [6.07, 6.45) is 0.0605. The number of halogens is 2. The first-order chi connectivity index (χ1) is 11.3. The van der Waals surface area contributed by atoms with Gasteiger partial charge in [-0.3, -0.25) is 4.79 Å². The number of carbonyl (C=O) groups excluding carboxylic acids is 1. The van der Waals surface area contributed by atoms with E-state index in [9.17, 15) is 23.5 Å². The number of carboxylic acid groups (broad SMARTS) is 1. The van der Waals surface area contributed by atoms with Crippen LogP contribution in [0.25, 0.3) is 0 Å². The van der Waals surface area contributed by atoms with Gasteiger partial charge in [0.25, 0.3) is 5.91 Å². The van der Waals surface area contributed by atoms with Crippen molar-refractivity contribution in [1.82, 2.24) is 5.32 Å². The maximum atomic E-state index is 13.6. The molecule has 4 nitrogen and oxygen atoms in total. The van der Waals surface area contributed by atoms with Crippen LogP contribution in [0.1, 0.15) is 27.0 Å². The van der Waals surface area contributed by atoms with Gasteiger partial charge in [0.15, 0.2) is 0 Å². The molecule has 0 saturated heterocycles. The highest BCUT2D eigenvalue weighted by Gasteiger charge is 2.23. The van der Waals surface area contributed by atoms with Crippen molar-refractivity contribution in [1.29, 1.82) is 0 Å². The summed E-state index contributed by atoms with van der Waals surface area (Å²) in [4.78, 5) is 23.5. The number of amides is 1. The van der Waals surface area contributed by atoms with E-state index in [1.165, 1.54) is 0 Å². The second-order valence-electron chi connectivity index (χ2n) is 5.61. The van der Waals surface area contributed by atoms with Crippen LogP contribution in [-0.2, 0) is 11.2 Å². The van der Waals surface area contributed by atoms with E-state index >= 15 is 0 Å². The lowest BCUT2D eigenvalue weighted by molar-refractivity contribution is -0.139. The van der Waals surface area contributed by atoms with Crippen molar-refractivity contribution in [2.24, 2.45) is 0 Å². The molecular formula is C18H17F2NO3. The molecule has 0 unspecified atom stereocenters. The molecule has 0 aliphatic carbocycles. The lowest BCUT2D eigenvalue weighted by atomic mass is 10.0. The average molecular weight is 333 g/mol. The molecule has 0 bridgehead atoms. The second-order valence-corrected chi connectivity index (χ2v) is 5.61. The molecule has 0 aliphatic rings. The third kappa shape index (κ3) is 4.16. The summed E-state index contributed by atoms with van der Waals surface area (Å²) in [6.45, 7) is 3.84. The topological polar surface area (TPSA) is 66.4 Å². The molecule has 0 saturated carbocycles. The highest BCUT2D eigenvalue weighted by Crippen LogP contribution is 2.13. The van der Waals surface area contributed by atoms with Crippen molar-refractivity contribution in [3.63, 3.8) is 0 Å². The first-order valence-corrected chi connectivity index (χ1v) is 7.33. The Morgan fingerprint density at radius 2 is 1.79 bits per heavy atom. The summed E-state index contributed by atoms with van der Waals surface area (Å²) in [7, 11) is 0. The van der Waals surface area contributed by atoms with Gasteiger partial charge >= 0.3 is 5.97 Å². The Labute approximate surface area is 138 Å². The molecule has 2 rings (SSSR count). The fourth-order valence-corrected chi connectivity index (χ4v) is 2.28. The van der Waals surface area contributed by atoms with Crippen molar-refractivity contribution >= 4 is 11.9 Å². The molecule has 126 valence electrons. The van der Waals surface area contributed by atoms with E-state index in [1.54, 1.807) is 6.07 Å². The minimum absolute atomic E-state index is 0.0605. The fourth-order valence-electron chi connectivity index (χ4n) is 2.28. The van der Waals surface area contributed by atoms with Gasteiger partial charge in [-0.1, -0.05) is 18.2 Å². The molecule has 0 aliphatic heterocycles. The molecule has 24 heavy (non-hydrogen) atoms. The number of aryl methyl sites for hydroxylation is 2. The SMILES string of the molecule is Cc1ccc(C[C@@H](NC(=O)c2ccc(F)cc2F)C(=O)O)cc1C. The van der Waals surface area contributed by atoms with Crippen molar-refractivity contribution in [2.45, 2.75) is 26.3 Å². The van der Waals surface area contributed by atoms with Crippen LogP contribution in [-0.4, -0.2) is 23.0 Å². The molecule has 6 heteroatoms. The molecule has 2 aromatic rings. The van der Waals surface area contributed by atoms with E-state index < -0.39 is 35.1 Å². The van der Waals surface area contributed by atoms with Gasteiger partial charge in [-0.25, -0.2) is 13.6 Å². The fraction of sp³-hybridized carbons (Fsp3) is 0.222. The Kier molecular flexibility index (Phi) is 5.28. The smallest absolute Gasteiger partial charge is 0.326 e. The molecule has 0 aromatic heterocycles. The monoisotopic (exact) mass is 333 g/mol. The van der Waals surface area contributed by atoms with Gasteiger partial charge in [-0.05, 0) is 42.7 Å². The maximum Gasteiger partial charge on any atom is 0.326 e. The zero-order valence-electron chi connectivity index (χ0n) is 13.3. The van der Waals surface area contributed by atoms with Crippen molar-refractivity contribution < 1.29 is 23.5 Å². The maximum absolute atomic E-state index is 13.6. The van der Waals surface area contributed by atoms with Gasteiger partial charge in [0.05, 0.1) is 5.56 Å². The molecule has 0 heterocycles. The summed E-state index contributed by atoms with van der Waals surface area (Å²) in [5, 5.41) is 11.6. The van der Waals surface area contributed by atoms with Crippen LogP contribution in [0.15, 0.2) is 36.4 Å². The van der Waals surface area contributed by atoms with Gasteiger partial charge in [0.2, 0.25) is 0 Å². The standard InChI is InChI=1S/C18H17F2NO3/c1-10-3-4-12(7-11(10)2)8-16(18(23)24)21-17(22)14-6-5-13(19)9-15(14)20/h3-7,9,16H,8H2,1-2H3,(H,21,22)(H,23,24)/t16-/m1/s1. The van der Waals surface area contributed by atoms with Gasteiger partial charge in [0, 0.05) is 12.5 Å². The quantitative estimate of drug-likeness (QED) is 0.884. The van der Waals surface area contributed by atoms with Crippen molar-refractivity contribution in [3.05, 3.63) is 70.3 Å². The van der Waals surface area contributed by atoms with Gasteiger partial charge in [-0.15, -0.1) is 0 Å². The first-order valence-electron chi connectivity index (χ1n) is 7.33. The molecular weight excluding hydrogens is 316 g/mol. The molecule has 0 fully saturated rings. The predicted molar refractivity (Wildman–Crippen MR) is 84.9 cm³/mol. The summed E-state index contributed by atoms with van der Waals surface area (Å²) in [6, 6.07) is 6.77. The number of aliphatic carboxylic acids is 1. The zero-order chi connectivity index (χ0) is 17.9. The Morgan fingerprint density at radius 1 is 1.08 bits per heavy atom.